The molecule has 1 heteroatoms. The van der Waals surface area contributed by atoms with Crippen molar-refractivity contribution >= 4 is 21.5 Å². The standard InChI is InChI=1S/C36H25N/c1-36(2)33-13-7-9-27(22-37)35(33)31-19-18-25(21-34(31)36)23-14-16-24(17-15-23)32-20-26-8-3-4-10-28(26)29-11-5-6-12-30(29)32/h3-21H,1-2H3. The monoisotopic (exact) mass is 471 g/mol. The quantitative estimate of drug-likeness (QED) is 0.231. The van der Waals surface area contributed by atoms with Crippen LogP contribution >= 0.6 is 0 Å². The van der Waals surface area contributed by atoms with Crippen molar-refractivity contribution in [2.75, 3.05) is 0 Å². The van der Waals surface area contributed by atoms with E-state index in [1.807, 2.05) is 12.1 Å². The summed E-state index contributed by atoms with van der Waals surface area (Å²) in [7, 11) is 0. The van der Waals surface area contributed by atoms with E-state index in [9.17, 15) is 5.26 Å². The molecule has 0 heterocycles. The Labute approximate surface area is 217 Å². The fourth-order valence-corrected chi connectivity index (χ4v) is 6.20. The second kappa shape index (κ2) is 7.92. The molecular weight excluding hydrogens is 446 g/mol. The fraction of sp³-hybridized carbons (Fsp3) is 0.0833. The third-order valence-electron chi connectivity index (χ3n) is 8.12. The van der Waals surface area contributed by atoms with Crippen LogP contribution in [0.5, 0.6) is 0 Å². The van der Waals surface area contributed by atoms with Gasteiger partial charge in [0, 0.05) is 11.0 Å². The lowest BCUT2D eigenvalue weighted by Crippen LogP contribution is -2.15. The van der Waals surface area contributed by atoms with E-state index in [1.54, 1.807) is 0 Å². The lowest BCUT2D eigenvalue weighted by molar-refractivity contribution is 0.660. The van der Waals surface area contributed by atoms with Crippen molar-refractivity contribution in [3.8, 4) is 39.4 Å². The van der Waals surface area contributed by atoms with Gasteiger partial charge in [-0.1, -0.05) is 111 Å². The van der Waals surface area contributed by atoms with Crippen molar-refractivity contribution in [1.29, 1.82) is 5.26 Å². The summed E-state index contributed by atoms with van der Waals surface area (Å²) in [6.07, 6.45) is 0. The third kappa shape index (κ3) is 3.16. The van der Waals surface area contributed by atoms with Crippen molar-refractivity contribution in [1.82, 2.24) is 0 Å². The molecule has 0 bridgehead atoms. The van der Waals surface area contributed by atoms with Crippen LogP contribution in [0.1, 0.15) is 30.5 Å². The number of fused-ring (bicyclic) bond motifs is 6. The molecule has 0 unspecified atom stereocenters. The van der Waals surface area contributed by atoms with Crippen LogP contribution in [-0.2, 0) is 5.41 Å². The summed E-state index contributed by atoms with van der Waals surface area (Å²) >= 11 is 0. The lowest BCUT2D eigenvalue weighted by atomic mass is 9.81. The predicted octanol–water partition coefficient (Wildman–Crippen LogP) is 9.50. The Morgan fingerprint density at radius 2 is 1.22 bits per heavy atom. The highest BCUT2D eigenvalue weighted by atomic mass is 14.4. The van der Waals surface area contributed by atoms with E-state index >= 15 is 0 Å². The average molecular weight is 472 g/mol. The van der Waals surface area contributed by atoms with Crippen LogP contribution < -0.4 is 0 Å². The molecule has 0 aromatic heterocycles. The number of hydrogen-bond donors (Lipinski definition) is 0. The number of nitrogens with zero attached hydrogens (tertiary/aromatic N) is 1. The summed E-state index contributed by atoms with van der Waals surface area (Å²) in [5, 5.41) is 14.8. The maximum atomic E-state index is 9.72. The van der Waals surface area contributed by atoms with Gasteiger partial charge in [-0.05, 0) is 78.7 Å². The Kier molecular flexibility index (Phi) is 4.62. The van der Waals surface area contributed by atoms with E-state index in [0.717, 1.165) is 11.1 Å². The zero-order chi connectivity index (χ0) is 25.1. The summed E-state index contributed by atoms with van der Waals surface area (Å²) in [6, 6.07) is 43.8. The highest BCUT2D eigenvalue weighted by Crippen LogP contribution is 2.50. The van der Waals surface area contributed by atoms with E-state index in [1.165, 1.54) is 60.5 Å². The van der Waals surface area contributed by atoms with Crippen LogP contribution in [0.25, 0.3) is 54.9 Å². The van der Waals surface area contributed by atoms with Crippen LogP contribution in [0.15, 0.2) is 115 Å². The number of hydrogen-bond acceptors (Lipinski definition) is 1. The summed E-state index contributed by atoms with van der Waals surface area (Å²) in [5.74, 6) is 0. The first-order valence-electron chi connectivity index (χ1n) is 12.8. The Bertz CT molecular complexity index is 1900. The minimum Gasteiger partial charge on any atom is -0.192 e. The van der Waals surface area contributed by atoms with Gasteiger partial charge in [0.1, 0.15) is 0 Å². The molecule has 0 atom stereocenters. The van der Waals surface area contributed by atoms with Crippen molar-refractivity contribution < 1.29 is 0 Å². The molecule has 6 aromatic carbocycles. The Morgan fingerprint density at radius 3 is 2.00 bits per heavy atom. The molecule has 0 saturated heterocycles. The molecular formula is C36H25N. The average Bonchev–Trinajstić information content (AvgIpc) is 3.19. The van der Waals surface area contributed by atoms with Gasteiger partial charge in [0.2, 0.25) is 0 Å². The normalized spacial score (nSPS) is 13.3. The molecule has 0 aliphatic heterocycles. The van der Waals surface area contributed by atoms with E-state index in [-0.39, 0.29) is 5.41 Å². The van der Waals surface area contributed by atoms with E-state index < -0.39 is 0 Å². The Morgan fingerprint density at radius 1 is 0.541 bits per heavy atom. The van der Waals surface area contributed by atoms with Gasteiger partial charge in [-0.2, -0.15) is 5.26 Å². The molecule has 0 radical (unpaired) electrons. The minimum atomic E-state index is -0.141. The maximum Gasteiger partial charge on any atom is 0.0998 e. The van der Waals surface area contributed by atoms with Gasteiger partial charge >= 0.3 is 0 Å². The van der Waals surface area contributed by atoms with E-state index in [0.29, 0.717) is 0 Å². The Hall–Kier alpha value is -4.67. The fourth-order valence-electron chi connectivity index (χ4n) is 6.20. The smallest absolute Gasteiger partial charge is 0.0998 e. The van der Waals surface area contributed by atoms with Crippen LogP contribution in [0.4, 0.5) is 0 Å². The zero-order valence-electron chi connectivity index (χ0n) is 20.9. The molecule has 7 rings (SSSR count). The van der Waals surface area contributed by atoms with E-state index in [4.69, 9.17) is 0 Å². The van der Waals surface area contributed by atoms with Crippen molar-refractivity contribution in [3.05, 3.63) is 132 Å². The summed E-state index contributed by atoms with van der Waals surface area (Å²) in [4.78, 5) is 0. The van der Waals surface area contributed by atoms with Crippen molar-refractivity contribution in [2.45, 2.75) is 19.3 Å². The molecule has 174 valence electrons. The first kappa shape index (κ1) is 21.6. The number of benzene rings is 6. The number of nitriles is 1. The molecule has 37 heavy (non-hydrogen) atoms. The summed E-state index contributed by atoms with van der Waals surface area (Å²) in [6.45, 7) is 4.52. The van der Waals surface area contributed by atoms with E-state index in [2.05, 4.69) is 123 Å². The zero-order valence-corrected chi connectivity index (χ0v) is 20.9. The van der Waals surface area contributed by atoms with Gasteiger partial charge in [0.15, 0.2) is 0 Å². The molecule has 0 fully saturated rings. The highest BCUT2D eigenvalue weighted by molar-refractivity contribution is 6.13. The van der Waals surface area contributed by atoms with Crippen LogP contribution in [0, 0.1) is 11.3 Å². The predicted molar refractivity (Wildman–Crippen MR) is 155 cm³/mol. The minimum absolute atomic E-state index is 0.141. The lowest BCUT2D eigenvalue weighted by Gasteiger charge is -2.22. The molecule has 0 spiro atoms. The first-order chi connectivity index (χ1) is 18.1. The third-order valence-corrected chi connectivity index (χ3v) is 8.12. The molecule has 1 aliphatic rings. The second-order valence-corrected chi connectivity index (χ2v) is 10.5. The molecule has 0 saturated carbocycles. The van der Waals surface area contributed by atoms with Crippen LogP contribution in [0.3, 0.4) is 0 Å². The van der Waals surface area contributed by atoms with Crippen molar-refractivity contribution in [2.24, 2.45) is 0 Å². The van der Waals surface area contributed by atoms with Crippen LogP contribution in [-0.4, -0.2) is 0 Å². The first-order valence-corrected chi connectivity index (χ1v) is 12.8. The van der Waals surface area contributed by atoms with Crippen LogP contribution in [0.2, 0.25) is 0 Å². The molecule has 6 aromatic rings. The van der Waals surface area contributed by atoms with Gasteiger partial charge in [0.25, 0.3) is 0 Å². The highest BCUT2D eigenvalue weighted by Gasteiger charge is 2.36. The van der Waals surface area contributed by atoms with Crippen molar-refractivity contribution in [3.63, 3.8) is 0 Å². The topological polar surface area (TPSA) is 23.8 Å². The van der Waals surface area contributed by atoms with Gasteiger partial charge in [0.05, 0.1) is 11.6 Å². The largest absolute Gasteiger partial charge is 0.192 e. The number of rotatable bonds is 2. The maximum absolute atomic E-state index is 9.72. The molecule has 0 N–H and O–H groups in total. The van der Waals surface area contributed by atoms with Gasteiger partial charge in [-0.3, -0.25) is 0 Å². The summed E-state index contributed by atoms with van der Waals surface area (Å²) in [5.41, 5.74) is 10.3. The molecule has 1 aliphatic carbocycles. The second-order valence-electron chi connectivity index (χ2n) is 10.5. The summed E-state index contributed by atoms with van der Waals surface area (Å²) < 4.78 is 0. The van der Waals surface area contributed by atoms with Gasteiger partial charge < -0.3 is 0 Å². The van der Waals surface area contributed by atoms with Gasteiger partial charge in [-0.15, -0.1) is 0 Å². The molecule has 1 nitrogen and oxygen atoms in total. The van der Waals surface area contributed by atoms with Gasteiger partial charge in [-0.25, -0.2) is 0 Å². The SMILES string of the molecule is CC1(C)c2cc(-c3ccc(-c4cc5ccccc5c5ccccc45)cc3)ccc2-c2c(C#N)cccc21. The Balaban J connectivity index is 1.33. The molecule has 0 amide bonds.